The summed E-state index contributed by atoms with van der Waals surface area (Å²) in [6.45, 7) is 4.12. The van der Waals surface area contributed by atoms with Crippen LogP contribution < -0.4 is 15.4 Å². The topological polar surface area (TPSA) is 63.2 Å². The van der Waals surface area contributed by atoms with Crippen LogP contribution in [0.5, 0.6) is 5.75 Å². The van der Waals surface area contributed by atoms with Gasteiger partial charge in [-0.2, -0.15) is 0 Å². The van der Waals surface area contributed by atoms with Crippen LogP contribution in [0.3, 0.4) is 0 Å². The Balaban J connectivity index is 1.69. The highest BCUT2D eigenvalue weighted by Gasteiger charge is 2.08. The van der Waals surface area contributed by atoms with Gasteiger partial charge in [-0.3, -0.25) is 4.79 Å². The number of hydrogen-bond donors (Lipinski definition) is 2. The third kappa shape index (κ3) is 4.19. The molecule has 3 aromatic rings. The van der Waals surface area contributed by atoms with E-state index in [1.54, 1.807) is 31.5 Å². The average molecular weight is 347 g/mol. The minimum absolute atomic E-state index is 0.267. The molecule has 0 radical (unpaired) electrons. The number of benzene rings is 2. The van der Waals surface area contributed by atoms with Gasteiger partial charge >= 0.3 is 0 Å². The van der Waals surface area contributed by atoms with Crippen molar-refractivity contribution in [2.24, 2.45) is 0 Å². The Kier molecular flexibility index (Phi) is 5.17. The van der Waals surface area contributed by atoms with Crippen LogP contribution in [0.15, 0.2) is 60.8 Å². The molecular formula is C21H21N3O2. The van der Waals surface area contributed by atoms with Crippen LogP contribution in [0.25, 0.3) is 0 Å². The molecule has 0 atom stereocenters. The van der Waals surface area contributed by atoms with Crippen LogP contribution in [0.4, 0.5) is 17.1 Å². The van der Waals surface area contributed by atoms with E-state index in [2.05, 4.69) is 41.6 Å². The molecule has 0 bridgehead atoms. The first-order valence-electron chi connectivity index (χ1n) is 8.31. The Morgan fingerprint density at radius 1 is 1.00 bits per heavy atom. The van der Waals surface area contributed by atoms with E-state index in [1.807, 2.05) is 24.3 Å². The van der Waals surface area contributed by atoms with Gasteiger partial charge in [0.25, 0.3) is 5.91 Å². The van der Waals surface area contributed by atoms with E-state index >= 15 is 0 Å². The molecule has 0 aliphatic heterocycles. The van der Waals surface area contributed by atoms with Gasteiger partial charge < -0.3 is 15.4 Å². The summed E-state index contributed by atoms with van der Waals surface area (Å²) in [5.74, 6) is 0.417. The molecule has 0 unspecified atom stereocenters. The maximum Gasteiger partial charge on any atom is 0.274 e. The summed E-state index contributed by atoms with van der Waals surface area (Å²) >= 11 is 0. The number of carbonyl (C=O) groups is 1. The summed E-state index contributed by atoms with van der Waals surface area (Å²) in [7, 11) is 1.59. The molecule has 0 saturated heterocycles. The number of methoxy groups -OCH3 is 1. The molecule has 2 N–H and O–H groups in total. The first-order chi connectivity index (χ1) is 12.5. The van der Waals surface area contributed by atoms with Crippen LogP contribution in [0, 0.1) is 13.8 Å². The van der Waals surface area contributed by atoms with Crippen molar-refractivity contribution in [3.63, 3.8) is 0 Å². The van der Waals surface area contributed by atoms with Crippen molar-refractivity contribution in [1.82, 2.24) is 4.98 Å². The second-order valence-electron chi connectivity index (χ2n) is 6.06. The number of aromatic nitrogens is 1. The van der Waals surface area contributed by atoms with E-state index in [1.165, 1.54) is 5.56 Å². The lowest BCUT2D eigenvalue weighted by Crippen LogP contribution is -2.13. The third-order valence-electron chi connectivity index (χ3n) is 3.98. The molecule has 0 saturated carbocycles. The zero-order valence-electron chi connectivity index (χ0n) is 15.0. The summed E-state index contributed by atoms with van der Waals surface area (Å²) in [5, 5.41) is 6.14. The van der Waals surface area contributed by atoms with Gasteiger partial charge in [0.2, 0.25) is 0 Å². The molecule has 0 spiro atoms. The number of amides is 1. The van der Waals surface area contributed by atoms with E-state index in [0.717, 1.165) is 16.9 Å². The van der Waals surface area contributed by atoms with Crippen molar-refractivity contribution >= 4 is 23.0 Å². The lowest BCUT2D eigenvalue weighted by molar-refractivity contribution is 0.102. The normalized spacial score (nSPS) is 10.3. The Morgan fingerprint density at radius 2 is 1.85 bits per heavy atom. The van der Waals surface area contributed by atoms with E-state index in [0.29, 0.717) is 17.1 Å². The molecular weight excluding hydrogens is 326 g/mol. The van der Waals surface area contributed by atoms with Crippen molar-refractivity contribution in [1.29, 1.82) is 0 Å². The van der Waals surface area contributed by atoms with Crippen LogP contribution >= 0.6 is 0 Å². The van der Waals surface area contributed by atoms with Crippen molar-refractivity contribution in [2.75, 3.05) is 17.7 Å². The molecule has 5 nitrogen and oxygen atoms in total. The molecule has 0 aliphatic rings. The first-order valence-corrected chi connectivity index (χ1v) is 8.31. The molecule has 0 fully saturated rings. The van der Waals surface area contributed by atoms with Gasteiger partial charge in [-0.1, -0.05) is 23.8 Å². The quantitative estimate of drug-likeness (QED) is 0.702. The van der Waals surface area contributed by atoms with E-state index in [4.69, 9.17) is 4.74 Å². The van der Waals surface area contributed by atoms with Crippen molar-refractivity contribution < 1.29 is 9.53 Å². The van der Waals surface area contributed by atoms with Crippen LogP contribution in [0.1, 0.15) is 21.6 Å². The number of nitrogens with zero attached hydrogens (tertiary/aromatic N) is 1. The summed E-state index contributed by atoms with van der Waals surface area (Å²) in [6.07, 6.45) is 1.65. The van der Waals surface area contributed by atoms with Gasteiger partial charge in [-0.25, -0.2) is 4.98 Å². The average Bonchev–Trinajstić information content (AvgIpc) is 2.64. The molecule has 0 aliphatic carbocycles. The standard InChI is InChI=1S/C21H21N3O2/c1-14-7-9-19(15(2)11-14)23-17-8-10-20(22-13-17)21(25)24-16-5-4-6-18(12-16)26-3/h4-13,23H,1-3H3,(H,24,25). The Hall–Kier alpha value is -3.34. The zero-order valence-corrected chi connectivity index (χ0v) is 15.0. The maximum absolute atomic E-state index is 12.3. The Morgan fingerprint density at radius 3 is 2.54 bits per heavy atom. The van der Waals surface area contributed by atoms with Gasteiger partial charge in [0.05, 0.1) is 19.0 Å². The zero-order chi connectivity index (χ0) is 18.5. The van der Waals surface area contributed by atoms with E-state index in [-0.39, 0.29) is 5.91 Å². The minimum atomic E-state index is -0.267. The van der Waals surface area contributed by atoms with Crippen molar-refractivity contribution in [2.45, 2.75) is 13.8 Å². The molecule has 5 heteroatoms. The highest BCUT2D eigenvalue weighted by molar-refractivity contribution is 6.03. The second kappa shape index (κ2) is 7.70. The second-order valence-corrected chi connectivity index (χ2v) is 6.06. The van der Waals surface area contributed by atoms with Crippen LogP contribution in [0.2, 0.25) is 0 Å². The maximum atomic E-state index is 12.3. The molecule has 1 amide bonds. The van der Waals surface area contributed by atoms with Crippen LogP contribution in [-0.4, -0.2) is 18.0 Å². The van der Waals surface area contributed by atoms with Crippen LogP contribution in [-0.2, 0) is 0 Å². The Labute approximate surface area is 153 Å². The predicted molar refractivity (Wildman–Crippen MR) is 104 cm³/mol. The Bertz CT molecular complexity index is 921. The fourth-order valence-corrected chi connectivity index (χ4v) is 2.61. The number of rotatable bonds is 5. The van der Waals surface area contributed by atoms with Gasteiger partial charge in [0.15, 0.2) is 0 Å². The largest absolute Gasteiger partial charge is 0.497 e. The fraction of sp³-hybridized carbons (Fsp3) is 0.143. The number of aryl methyl sites for hydroxylation is 2. The third-order valence-corrected chi connectivity index (χ3v) is 3.98. The molecule has 1 aromatic heterocycles. The predicted octanol–water partition coefficient (Wildman–Crippen LogP) is 4.70. The summed E-state index contributed by atoms with van der Waals surface area (Å²) < 4.78 is 5.16. The van der Waals surface area contributed by atoms with Crippen molar-refractivity contribution in [3.8, 4) is 5.75 Å². The summed E-state index contributed by atoms with van der Waals surface area (Å²) in [4.78, 5) is 16.6. The number of anilines is 3. The molecule has 3 rings (SSSR count). The highest BCUT2D eigenvalue weighted by atomic mass is 16.5. The molecule has 132 valence electrons. The number of hydrogen-bond acceptors (Lipinski definition) is 4. The number of carbonyl (C=O) groups excluding carboxylic acids is 1. The van der Waals surface area contributed by atoms with Crippen molar-refractivity contribution in [3.05, 3.63) is 77.6 Å². The summed E-state index contributed by atoms with van der Waals surface area (Å²) in [5.41, 5.74) is 5.23. The molecule has 2 aromatic carbocycles. The van der Waals surface area contributed by atoms with Gasteiger partial charge in [-0.15, -0.1) is 0 Å². The first kappa shape index (κ1) is 17.5. The number of nitrogens with one attached hydrogen (secondary N) is 2. The number of ether oxygens (including phenoxy) is 1. The summed E-state index contributed by atoms with van der Waals surface area (Å²) in [6, 6.07) is 16.9. The van der Waals surface area contributed by atoms with Gasteiger partial charge in [0.1, 0.15) is 11.4 Å². The minimum Gasteiger partial charge on any atom is -0.497 e. The smallest absolute Gasteiger partial charge is 0.274 e. The van der Waals surface area contributed by atoms with Gasteiger partial charge in [-0.05, 0) is 49.7 Å². The highest BCUT2D eigenvalue weighted by Crippen LogP contribution is 2.21. The fourth-order valence-electron chi connectivity index (χ4n) is 2.61. The lowest BCUT2D eigenvalue weighted by Gasteiger charge is -2.11. The van der Waals surface area contributed by atoms with E-state index in [9.17, 15) is 4.79 Å². The van der Waals surface area contributed by atoms with E-state index < -0.39 is 0 Å². The lowest BCUT2D eigenvalue weighted by atomic mass is 10.1. The SMILES string of the molecule is COc1cccc(NC(=O)c2ccc(Nc3ccc(C)cc3C)cn2)c1. The molecule has 1 heterocycles. The molecule has 26 heavy (non-hydrogen) atoms. The monoisotopic (exact) mass is 347 g/mol. The number of pyridine rings is 1. The van der Waals surface area contributed by atoms with Gasteiger partial charge in [0, 0.05) is 17.4 Å².